The van der Waals surface area contributed by atoms with Crippen molar-refractivity contribution < 1.29 is 8.42 Å². The minimum absolute atomic E-state index is 0.0603. The van der Waals surface area contributed by atoms with Crippen LogP contribution >= 0.6 is 0 Å². The Balaban J connectivity index is 2.13. The molecule has 21 heavy (non-hydrogen) atoms. The topological polar surface area (TPSA) is 86.9 Å². The fourth-order valence-corrected chi connectivity index (χ4v) is 3.04. The van der Waals surface area contributed by atoms with Gasteiger partial charge in [0.2, 0.25) is 0 Å². The molecule has 1 aromatic heterocycles. The van der Waals surface area contributed by atoms with Gasteiger partial charge in [-0.25, -0.2) is 4.98 Å². The van der Waals surface area contributed by atoms with E-state index in [-0.39, 0.29) is 11.1 Å². The standard InChI is InChI=1S/C14H20N4O2S/c1-4-15-10(2)12-5-7-13(8-6-12)18-21(19,20)14-9-16-11(3)17-14/h5-10,15,18H,4H2,1-3H3,(H,16,17). The molecule has 114 valence electrons. The average molecular weight is 308 g/mol. The van der Waals surface area contributed by atoms with Crippen molar-refractivity contribution in [2.24, 2.45) is 0 Å². The van der Waals surface area contributed by atoms with Gasteiger partial charge >= 0.3 is 0 Å². The molecule has 0 saturated heterocycles. The van der Waals surface area contributed by atoms with E-state index in [4.69, 9.17) is 0 Å². The lowest BCUT2D eigenvalue weighted by Crippen LogP contribution is -2.17. The molecule has 0 aliphatic heterocycles. The summed E-state index contributed by atoms with van der Waals surface area (Å²) in [5.74, 6) is 0.560. The van der Waals surface area contributed by atoms with Crippen molar-refractivity contribution in [2.45, 2.75) is 31.8 Å². The average Bonchev–Trinajstić information content (AvgIpc) is 2.87. The zero-order valence-corrected chi connectivity index (χ0v) is 13.2. The highest BCUT2D eigenvalue weighted by Crippen LogP contribution is 2.18. The summed E-state index contributed by atoms with van der Waals surface area (Å²) in [5, 5.41) is 3.37. The number of nitrogens with zero attached hydrogens (tertiary/aromatic N) is 1. The van der Waals surface area contributed by atoms with Gasteiger partial charge in [-0.05, 0) is 38.1 Å². The van der Waals surface area contributed by atoms with Gasteiger partial charge in [0.25, 0.3) is 10.0 Å². The highest BCUT2D eigenvalue weighted by molar-refractivity contribution is 7.92. The SMILES string of the molecule is CCNC(C)c1ccc(NS(=O)(=O)c2cnc(C)[nH]2)cc1. The van der Waals surface area contributed by atoms with Gasteiger partial charge < -0.3 is 10.3 Å². The van der Waals surface area contributed by atoms with Crippen LogP contribution in [0.1, 0.15) is 31.3 Å². The first-order valence-electron chi connectivity index (χ1n) is 6.80. The second-order valence-electron chi connectivity index (χ2n) is 4.84. The van der Waals surface area contributed by atoms with Crippen molar-refractivity contribution in [1.82, 2.24) is 15.3 Å². The van der Waals surface area contributed by atoms with Gasteiger partial charge in [-0.1, -0.05) is 19.1 Å². The van der Waals surface area contributed by atoms with Crippen LogP contribution in [0.5, 0.6) is 0 Å². The molecule has 3 N–H and O–H groups in total. The normalized spacial score (nSPS) is 13.1. The molecule has 2 rings (SSSR count). The molecule has 6 nitrogen and oxygen atoms in total. The van der Waals surface area contributed by atoms with Crippen LogP contribution in [0.2, 0.25) is 0 Å². The van der Waals surface area contributed by atoms with Crippen molar-refractivity contribution in [3.8, 4) is 0 Å². The molecule has 0 spiro atoms. The van der Waals surface area contributed by atoms with E-state index in [2.05, 4.69) is 26.9 Å². The molecule has 2 aromatic rings. The number of aryl methyl sites for hydroxylation is 1. The number of imidazole rings is 1. The Kier molecular flexibility index (Phi) is 4.64. The Hall–Kier alpha value is -1.86. The maximum absolute atomic E-state index is 12.1. The molecule has 1 unspecified atom stereocenters. The first-order chi connectivity index (χ1) is 9.92. The third-order valence-electron chi connectivity index (χ3n) is 3.14. The van der Waals surface area contributed by atoms with Crippen molar-refractivity contribution >= 4 is 15.7 Å². The van der Waals surface area contributed by atoms with E-state index < -0.39 is 10.0 Å². The summed E-state index contributed by atoms with van der Waals surface area (Å²) in [4.78, 5) is 6.61. The van der Waals surface area contributed by atoms with Gasteiger partial charge in [0, 0.05) is 11.7 Å². The molecule has 0 radical (unpaired) electrons. The first kappa shape index (κ1) is 15.5. The number of hydrogen-bond acceptors (Lipinski definition) is 4. The number of aromatic amines is 1. The smallest absolute Gasteiger partial charge is 0.278 e. The minimum Gasteiger partial charge on any atom is -0.332 e. The molecule has 0 amide bonds. The Morgan fingerprint density at radius 2 is 1.95 bits per heavy atom. The van der Waals surface area contributed by atoms with Gasteiger partial charge in [0.1, 0.15) is 5.82 Å². The molecule has 0 aliphatic carbocycles. The van der Waals surface area contributed by atoms with Crippen molar-refractivity contribution in [1.29, 1.82) is 0 Å². The van der Waals surface area contributed by atoms with Crippen molar-refractivity contribution in [3.63, 3.8) is 0 Å². The highest BCUT2D eigenvalue weighted by atomic mass is 32.2. The minimum atomic E-state index is -3.62. The monoisotopic (exact) mass is 308 g/mol. The van der Waals surface area contributed by atoms with E-state index in [1.165, 1.54) is 6.20 Å². The fourth-order valence-electron chi connectivity index (χ4n) is 2.01. The molecule has 0 fully saturated rings. The number of aromatic nitrogens is 2. The number of anilines is 1. The van der Waals surface area contributed by atoms with Crippen LogP contribution in [0.15, 0.2) is 35.5 Å². The van der Waals surface area contributed by atoms with E-state index >= 15 is 0 Å². The number of benzene rings is 1. The number of H-pyrrole nitrogens is 1. The lowest BCUT2D eigenvalue weighted by molar-refractivity contribution is 0.597. The molecule has 1 heterocycles. The van der Waals surface area contributed by atoms with Crippen LogP contribution in [-0.2, 0) is 10.0 Å². The summed E-state index contributed by atoms with van der Waals surface area (Å²) in [6.45, 7) is 6.70. The van der Waals surface area contributed by atoms with Gasteiger partial charge in [0.05, 0.1) is 6.20 Å². The lowest BCUT2D eigenvalue weighted by atomic mass is 10.1. The molecule has 0 aliphatic rings. The van der Waals surface area contributed by atoms with E-state index in [1.807, 2.05) is 19.1 Å². The van der Waals surface area contributed by atoms with Gasteiger partial charge in [-0.2, -0.15) is 8.42 Å². The van der Waals surface area contributed by atoms with Gasteiger partial charge in [-0.3, -0.25) is 4.72 Å². The Morgan fingerprint density at radius 1 is 1.29 bits per heavy atom. The zero-order chi connectivity index (χ0) is 15.5. The van der Waals surface area contributed by atoms with E-state index in [1.54, 1.807) is 19.1 Å². The number of nitrogens with one attached hydrogen (secondary N) is 3. The maximum Gasteiger partial charge on any atom is 0.278 e. The van der Waals surface area contributed by atoms with Crippen LogP contribution in [0.25, 0.3) is 0 Å². The fraction of sp³-hybridized carbons (Fsp3) is 0.357. The predicted molar refractivity (Wildman–Crippen MR) is 82.7 cm³/mol. The predicted octanol–water partition coefficient (Wildman–Crippen LogP) is 2.19. The number of rotatable bonds is 6. The quantitative estimate of drug-likeness (QED) is 0.763. The molecule has 0 saturated carbocycles. The van der Waals surface area contributed by atoms with Crippen LogP contribution in [0.4, 0.5) is 5.69 Å². The number of sulfonamides is 1. The van der Waals surface area contributed by atoms with Crippen LogP contribution < -0.4 is 10.0 Å². The molecule has 1 atom stereocenters. The number of hydrogen-bond donors (Lipinski definition) is 3. The third-order valence-corrected chi connectivity index (χ3v) is 4.43. The van der Waals surface area contributed by atoms with Gasteiger partial charge in [-0.15, -0.1) is 0 Å². The highest BCUT2D eigenvalue weighted by Gasteiger charge is 2.16. The van der Waals surface area contributed by atoms with Crippen LogP contribution in [0, 0.1) is 6.92 Å². The second-order valence-corrected chi connectivity index (χ2v) is 6.49. The molecular formula is C14H20N4O2S. The third kappa shape index (κ3) is 3.83. The largest absolute Gasteiger partial charge is 0.332 e. The van der Waals surface area contributed by atoms with E-state index in [9.17, 15) is 8.42 Å². The Bertz CT molecular complexity index is 692. The van der Waals surface area contributed by atoms with Crippen molar-refractivity contribution in [3.05, 3.63) is 41.9 Å². The summed E-state index contributed by atoms with van der Waals surface area (Å²) in [7, 11) is -3.62. The molecule has 0 bridgehead atoms. The molecule has 7 heteroatoms. The Morgan fingerprint density at radius 3 is 2.48 bits per heavy atom. The van der Waals surface area contributed by atoms with E-state index in [0.29, 0.717) is 11.5 Å². The van der Waals surface area contributed by atoms with Crippen LogP contribution in [-0.4, -0.2) is 24.9 Å². The summed E-state index contributed by atoms with van der Waals surface area (Å²) < 4.78 is 26.8. The summed E-state index contributed by atoms with van der Waals surface area (Å²) >= 11 is 0. The summed E-state index contributed by atoms with van der Waals surface area (Å²) in [6, 6.07) is 7.55. The van der Waals surface area contributed by atoms with Gasteiger partial charge in [0.15, 0.2) is 5.03 Å². The van der Waals surface area contributed by atoms with E-state index in [0.717, 1.165) is 12.1 Å². The maximum atomic E-state index is 12.1. The molecular weight excluding hydrogens is 288 g/mol. The zero-order valence-electron chi connectivity index (χ0n) is 12.3. The first-order valence-corrected chi connectivity index (χ1v) is 8.28. The Labute approximate surface area is 125 Å². The van der Waals surface area contributed by atoms with Crippen LogP contribution in [0.3, 0.4) is 0 Å². The summed E-state index contributed by atoms with van der Waals surface area (Å²) in [5.41, 5.74) is 1.63. The van der Waals surface area contributed by atoms with Crippen molar-refractivity contribution in [2.75, 3.05) is 11.3 Å². The molecule has 1 aromatic carbocycles. The second kappa shape index (κ2) is 6.28. The lowest BCUT2D eigenvalue weighted by Gasteiger charge is -2.13. The summed E-state index contributed by atoms with van der Waals surface area (Å²) in [6.07, 6.45) is 1.30.